The molecule has 0 aromatic carbocycles. The summed E-state index contributed by atoms with van der Waals surface area (Å²) in [6.07, 6.45) is 5.87. The summed E-state index contributed by atoms with van der Waals surface area (Å²) in [7, 11) is -3.46. The highest BCUT2D eigenvalue weighted by Crippen LogP contribution is 2.34. The third-order valence-electron chi connectivity index (χ3n) is 3.17. The average molecular weight is 328 g/mol. The molecule has 1 heterocycles. The Morgan fingerprint density at radius 2 is 1.94 bits per heavy atom. The van der Waals surface area contributed by atoms with Gasteiger partial charge in [-0.3, -0.25) is 0 Å². The Bertz CT molecular complexity index is 488. The molecule has 3 nitrogen and oxygen atoms in total. The van der Waals surface area contributed by atoms with Gasteiger partial charge in [-0.2, -0.15) is 0 Å². The SMILES string of the molecule is O=S(=O)(NCC1CCCCC1)c1cc(Cl)c(Cl)s1. The highest BCUT2D eigenvalue weighted by atomic mass is 35.5. The zero-order valence-corrected chi connectivity index (χ0v) is 12.9. The van der Waals surface area contributed by atoms with Crippen molar-refractivity contribution in [3.63, 3.8) is 0 Å². The number of hydrogen-bond acceptors (Lipinski definition) is 3. The maximum atomic E-state index is 12.0. The normalized spacial score (nSPS) is 18.1. The van der Waals surface area contributed by atoms with Crippen molar-refractivity contribution in [1.29, 1.82) is 0 Å². The smallest absolute Gasteiger partial charge is 0.210 e. The maximum Gasteiger partial charge on any atom is 0.250 e. The molecule has 0 amide bonds. The number of hydrogen-bond donors (Lipinski definition) is 1. The molecule has 1 fully saturated rings. The fourth-order valence-corrected chi connectivity index (χ4v) is 5.19. The van der Waals surface area contributed by atoms with E-state index in [1.807, 2.05) is 0 Å². The van der Waals surface area contributed by atoms with Crippen LogP contribution in [0.4, 0.5) is 0 Å². The lowest BCUT2D eigenvalue weighted by molar-refractivity contribution is 0.357. The molecule has 0 unspecified atom stereocenters. The van der Waals surface area contributed by atoms with E-state index in [-0.39, 0.29) is 4.21 Å². The average Bonchev–Trinajstić information content (AvgIpc) is 2.70. The predicted octanol–water partition coefficient (Wildman–Crippen LogP) is 3.91. The van der Waals surface area contributed by atoms with Crippen LogP contribution < -0.4 is 4.72 Å². The van der Waals surface area contributed by atoms with Crippen LogP contribution in [0.25, 0.3) is 0 Å². The molecule has 1 N–H and O–H groups in total. The minimum atomic E-state index is -3.46. The largest absolute Gasteiger partial charge is 0.250 e. The molecule has 0 atom stereocenters. The Hall–Kier alpha value is 0.190. The lowest BCUT2D eigenvalue weighted by Gasteiger charge is -2.21. The van der Waals surface area contributed by atoms with Crippen LogP contribution in [0.1, 0.15) is 32.1 Å². The van der Waals surface area contributed by atoms with Gasteiger partial charge in [-0.05, 0) is 24.8 Å². The molecule has 0 saturated heterocycles. The molecule has 18 heavy (non-hydrogen) atoms. The van der Waals surface area contributed by atoms with Gasteiger partial charge in [0.25, 0.3) is 0 Å². The Labute approximate surface area is 122 Å². The first-order valence-corrected chi connectivity index (χ1v) is 8.99. The van der Waals surface area contributed by atoms with Crippen molar-refractivity contribution in [2.75, 3.05) is 6.54 Å². The van der Waals surface area contributed by atoms with Crippen LogP contribution >= 0.6 is 34.5 Å². The van der Waals surface area contributed by atoms with Gasteiger partial charge in [-0.15, -0.1) is 11.3 Å². The quantitative estimate of drug-likeness (QED) is 0.911. The predicted molar refractivity (Wildman–Crippen MR) is 76.1 cm³/mol. The zero-order chi connectivity index (χ0) is 13.2. The van der Waals surface area contributed by atoms with E-state index in [9.17, 15) is 8.42 Å². The van der Waals surface area contributed by atoms with Crippen LogP contribution in [-0.4, -0.2) is 15.0 Å². The van der Waals surface area contributed by atoms with Crippen LogP contribution in [0.2, 0.25) is 9.36 Å². The summed E-state index contributed by atoms with van der Waals surface area (Å²) >= 11 is 12.5. The number of sulfonamides is 1. The van der Waals surface area contributed by atoms with Gasteiger partial charge in [0.05, 0.1) is 5.02 Å². The molecule has 102 valence electrons. The van der Waals surface area contributed by atoms with E-state index in [1.165, 1.54) is 25.3 Å². The molecular formula is C11H15Cl2NO2S2. The first kappa shape index (κ1) is 14.6. The van der Waals surface area contributed by atoms with Crippen molar-refractivity contribution in [3.8, 4) is 0 Å². The summed E-state index contributed by atoms with van der Waals surface area (Å²) in [6.45, 7) is 0.509. The standard InChI is InChI=1S/C11H15Cl2NO2S2/c12-9-6-10(17-11(9)13)18(15,16)14-7-8-4-2-1-3-5-8/h6,8,14H,1-5,7H2. The number of halogens is 2. The molecule has 2 rings (SSSR count). The number of rotatable bonds is 4. The molecule has 1 aliphatic rings. The topological polar surface area (TPSA) is 46.2 Å². The zero-order valence-electron chi connectivity index (χ0n) is 9.79. The molecule has 0 radical (unpaired) electrons. The van der Waals surface area contributed by atoms with E-state index in [0.29, 0.717) is 21.8 Å². The van der Waals surface area contributed by atoms with Gasteiger partial charge >= 0.3 is 0 Å². The Kier molecular flexibility index (Phi) is 4.94. The third kappa shape index (κ3) is 3.61. The second kappa shape index (κ2) is 6.09. The molecule has 0 bridgehead atoms. The van der Waals surface area contributed by atoms with Crippen molar-refractivity contribution in [2.24, 2.45) is 5.92 Å². The fourth-order valence-electron chi connectivity index (χ4n) is 2.15. The van der Waals surface area contributed by atoms with Crippen LogP contribution in [-0.2, 0) is 10.0 Å². The maximum absolute atomic E-state index is 12.0. The summed E-state index contributed by atoms with van der Waals surface area (Å²) in [5, 5.41) is 0.291. The van der Waals surface area contributed by atoms with E-state index < -0.39 is 10.0 Å². The van der Waals surface area contributed by atoms with E-state index >= 15 is 0 Å². The number of thiophene rings is 1. The Morgan fingerprint density at radius 3 is 2.50 bits per heavy atom. The summed E-state index contributed by atoms with van der Waals surface area (Å²) in [4.78, 5) is 0. The van der Waals surface area contributed by atoms with Crippen molar-refractivity contribution in [2.45, 2.75) is 36.3 Å². The van der Waals surface area contributed by atoms with Crippen LogP contribution in [0, 0.1) is 5.92 Å². The van der Waals surface area contributed by atoms with Crippen molar-refractivity contribution < 1.29 is 8.42 Å². The minimum absolute atomic E-state index is 0.188. The van der Waals surface area contributed by atoms with Gasteiger partial charge in [-0.25, -0.2) is 13.1 Å². The molecule has 1 saturated carbocycles. The van der Waals surface area contributed by atoms with Crippen LogP contribution in [0.5, 0.6) is 0 Å². The second-order valence-corrected chi connectivity index (χ2v) is 8.60. The molecule has 7 heteroatoms. The van der Waals surface area contributed by atoms with Gasteiger partial charge in [0.1, 0.15) is 8.55 Å². The monoisotopic (exact) mass is 327 g/mol. The van der Waals surface area contributed by atoms with E-state index in [4.69, 9.17) is 23.2 Å². The molecule has 1 aliphatic carbocycles. The highest BCUT2D eigenvalue weighted by Gasteiger charge is 2.21. The molecule has 1 aromatic rings. The van der Waals surface area contributed by atoms with E-state index in [1.54, 1.807) is 0 Å². The van der Waals surface area contributed by atoms with E-state index in [2.05, 4.69) is 4.72 Å². The summed E-state index contributed by atoms with van der Waals surface area (Å²) in [6, 6.07) is 1.40. The van der Waals surface area contributed by atoms with E-state index in [0.717, 1.165) is 24.2 Å². The molecule has 0 aliphatic heterocycles. The highest BCUT2D eigenvalue weighted by molar-refractivity contribution is 7.91. The van der Waals surface area contributed by atoms with Crippen molar-refractivity contribution >= 4 is 44.6 Å². The van der Waals surface area contributed by atoms with Gasteiger partial charge in [0.2, 0.25) is 10.0 Å². The third-order valence-corrected chi connectivity index (χ3v) is 6.94. The number of nitrogens with one attached hydrogen (secondary N) is 1. The molecule has 1 aromatic heterocycles. The van der Waals surface area contributed by atoms with Crippen LogP contribution in [0.15, 0.2) is 10.3 Å². The van der Waals surface area contributed by atoms with Gasteiger partial charge in [0.15, 0.2) is 0 Å². The van der Waals surface area contributed by atoms with Crippen molar-refractivity contribution in [3.05, 3.63) is 15.4 Å². The van der Waals surface area contributed by atoms with Gasteiger partial charge in [-0.1, -0.05) is 42.5 Å². The minimum Gasteiger partial charge on any atom is -0.210 e. The Balaban J connectivity index is 1.98. The summed E-state index contributed by atoms with van der Waals surface area (Å²) in [5.41, 5.74) is 0. The molecular weight excluding hydrogens is 313 g/mol. The summed E-state index contributed by atoms with van der Waals surface area (Å²) < 4.78 is 27.2. The van der Waals surface area contributed by atoms with Crippen molar-refractivity contribution in [1.82, 2.24) is 4.72 Å². The van der Waals surface area contributed by atoms with Crippen LogP contribution in [0.3, 0.4) is 0 Å². The second-order valence-electron chi connectivity index (χ2n) is 4.54. The first-order chi connectivity index (χ1) is 8.49. The summed E-state index contributed by atoms with van der Waals surface area (Å²) in [5.74, 6) is 0.458. The molecule has 0 spiro atoms. The van der Waals surface area contributed by atoms with Gasteiger partial charge < -0.3 is 0 Å². The fraction of sp³-hybridized carbons (Fsp3) is 0.636. The lowest BCUT2D eigenvalue weighted by atomic mass is 9.90. The lowest BCUT2D eigenvalue weighted by Crippen LogP contribution is -2.29. The van der Waals surface area contributed by atoms with Gasteiger partial charge in [0, 0.05) is 6.54 Å². The first-order valence-electron chi connectivity index (χ1n) is 5.93. The Morgan fingerprint density at radius 1 is 1.28 bits per heavy atom.